The number of alkyl halides is 3. The number of carboxylic acid groups (broad SMARTS) is 1. The van der Waals surface area contributed by atoms with Gasteiger partial charge in [-0.15, -0.1) is 13.2 Å². The fourth-order valence-electron chi connectivity index (χ4n) is 3.07. The van der Waals surface area contributed by atoms with E-state index in [1.165, 1.54) is 19.2 Å². The lowest BCUT2D eigenvalue weighted by Crippen LogP contribution is -2.54. The first-order chi connectivity index (χ1) is 14.7. The van der Waals surface area contributed by atoms with Gasteiger partial charge in [0.2, 0.25) is 0 Å². The molecule has 0 amide bonds. The average molecular weight is 441 g/mol. The van der Waals surface area contributed by atoms with Crippen LogP contribution in [-0.2, 0) is 11.2 Å². The first-order valence-electron chi connectivity index (χ1n) is 9.46. The van der Waals surface area contributed by atoms with Gasteiger partial charge >= 0.3 is 18.3 Å². The standard InChI is InChI=1S/C19H22F3N5O4/c1-30-18-25-15(10-16(26-18)27-9-8-23-14(11-27)17(28)29)24-7-6-12-2-4-13(5-3-12)31-19(20,21)22/h2-5,10,14,23H,6-9,11H2,1H3,(H,28,29)(H,24,25,26). The molecule has 12 heteroatoms. The van der Waals surface area contributed by atoms with Crippen molar-refractivity contribution in [1.82, 2.24) is 15.3 Å². The normalized spacial score (nSPS) is 16.6. The van der Waals surface area contributed by atoms with E-state index in [-0.39, 0.29) is 18.3 Å². The zero-order chi connectivity index (χ0) is 22.4. The highest BCUT2D eigenvalue weighted by atomic mass is 19.4. The van der Waals surface area contributed by atoms with Crippen LogP contribution in [0.15, 0.2) is 30.3 Å². The van der Waals surface area contributed by atoms with Crippen molar-refractivity contribution in [2.75, 3.05) is 43.5 Å². The Morgan fingerprint density at radius 2 is 2.06 bits per heavy atom. The lowest BCUT2D eigenvalue weighted by molar-refractivity contribution is -0.274. The fraction of sp³-hybridized carbons (Fsp3) is 0.421. The molecule has 0 spiro atoms. The van der Waals surface area contributed by atoms with Crippen LogP contribution < -0.4 is 25.0 Å². The van der Waals surface area contributed by atoms with Crippen LogP contribution in [0.4, 0.5) is 24.8 Å². The molecule has 1 unspecified atom stereocenters. The third-order valence-corrected chi connectivity index (χ3v) is 4.55. The van der Waals surface area contributed by atoms with Crippen LogP contribution >= 0.6 is 0 Å². The molecule has 0 saturated carbocycles. The van der Waals surface area contributed by atoms with Crippen LogP contribution in [0.25, 0.3) is 0 Å². The number of carbonyl (C=O) groups is 1. The number of anilines is 2. The predicted molar refractivity (Wildman–Crippen MR) is 106 cm³/mol. The minimum atomic E-state index is -4.72. The zero-order valence-corrected chi connectivity index (χ0v) is 16.6. The molecule has 1 aliphatic rings. The van der Waals surface area contributed by atoms with Crippen LogP contribution in [0.3, 0.4) is 0 Å². The van der Waals surface area contributed by atoms with Crippen LogP contribution in [0.1, 0.15) is 5.56 Å². The highest BCUT2D eigenvalue weighted by Gasteiger charge is 2.31. The van der Waals surface area contributed by atoms with Crippen LogP contribution in [-0.4, -0.2) is 66.7 Å². The quantitative estimate of drug-likeness (QED) is 0.566. The van der Waals surface area contributed by atoms with Crippen LogP contribution in [0.5, 0.6) is 11.8 Å². The number of carboxylic acids is 1. The maximum atomic E-state index is 12.2. The van der Waals surface area contributed by atoms with Gasteiger partial charge in [-0.25, -0.2) is 0 Å². The summed E-state index contributed by atoms with van der Waals surface area (Å²) in [6.07, 6.45) is -4.19. The summed E-state index contributed by atoms with van der Waals surface area (Å²) in [7, 11) is 1.44. The van der Waals surface area contributed by atoms with Gasteiger partial charge in [0.25, 0.3) is 0 Å². The smallest absolute Gasteiger partial charge is 0.480 e. The number of nitrogens with one attached hydrogen (secondary N) is 2. The van der Waals surface area contributed by atoms with E-state index < -0.39 is 18.4 Å². The van der Waals surface area contributed by atoms with E-state index in [4.69, 9.17) is 4.74 Å². The third-order valence-electron chi connectivity index (χ3n) is 4.55. The molecule has 1 fully saturated rings. The molecule has 1 aromatic heterocycles. The van der Waals surface area contributed by atoms with Gasteiger partial charge in [0, 0.05) is 32.2 Å². The molecule has 1 aliphatic heterocycles. The topological polar surface area (TPSA) is 109 Å². The highest BCUT2D eigenvalue weighted by Crippen LogP contribution is 2.23. The second-order valence-electron chi connectivity index (χ2n) is 6.76. The number of rotatable bonds is 8. The predicted octanol–water partition coefficient (Wildman–Crippen LogP) is 1.90. The van der Waals surface area contributed by atoms with Gasteiger partial charge < -0.3 is 30.1 Å². The molecule has 3 rings (SSSR count). The highest BCUT2D eigenvalue weighted by molar-refractivity contribution is 5.74. The van der Waals surface area contributed by atoms with Gasteiger partial charge in [-0.1, -0.05) is 12.1 Å². The minimum absolute atomic E-state index is 0.138. The van der Waals surface area contributed by atoms with E-state index in [0.29, 0.717) is 37.7 Å². The number of ether oxygens (including phenoxy) is 2. The summed E-state index contributed by atoms with van der Waals surface area (Å²) in [5.41, 5.74) is 0.815. The summed E-state index contributed by atoms with van der Waals surface area (Å²) in [6, 6.07) is 6.78. The summed E-state index contributed by atoms with van der Waals surface area (Å²) < 4.78 is 45.7. The molecule has 2 heterocycles. The van der Waals surface area contributed by atoms with Crippen molar-refractivity contribution < 1.29 is 32.5 Å². The van der Waals surface area contributed by atoms with E-state index >= 15 is 0 Å². The summed E-state index contributed by atoms with van der Waals surface area (Å²) in [6.45, 7) is 1.79. The number of nitrogens with zero attached hydrogens (tertiary/aromatic N) is 3. The summed E-state index contributed by atoms with van der Waals surface area (Å²) in [5, 5.41) is 15.3. The van der Waals surface area contributed by atoms with Crippen molar-refractivity contribution >= 4 is 17.6 Å². The molecule has 0 bridgehead atoms. The van der Waals surface area contributed by atoms with Crippen molar-refractivity contribution in [2.24, 2.45) is 0 Å². The Morgan fingerprint density at radius 1 is 1.32 bits per heavy atom. The van der Waals surface area contributed by atoms with Gasteiger partial charge in [-0.3, -0.25) is 4.79 Å². The number of aromatic nitrogens is 2. The van der Waals surface area contributed by atoms with Gasteiger partial charge in [-0.2, -0.15) is 9.97 Å². The number of halogens is 3. The molecule has 168 valence electrons. The van der Waals surface area contributed by atoms with Gasteiger partial charge in [0.1, 0.15) is 23.4 Å². The molecule has 3 N–H and O–H groups in total. The molecule has 2 aromatic rings. The van der Waals surface area contributed by atoms with E-state index in [0.717, 1.165) is 5.56 Å². The number of piperazine rings is 1. The number of methoxy groups -OCH3 is 1. The van der Waals surface area contributed by atoms with Gasteiger partial charge in [0.15, 0.2) is 0 Å². The maximum Gasteiger partial charge on any atom is 0.573 e. The third kappa shape index (κ3) is 6.60. The van der Waals surface area contributed by atoms with Gasteiger partial charge in [-0.05, 0) is 24.1 Å². The van der Waals surface area contributed by atoms with E-state index in [2.05, 4.69) is 25.3 Å². The summed E-state index contributed by atoms with van der Waals surface area (Å²) >= 11 is 0. The fourth-order valence-corrected chi connectivity index (χ4v) is 3.07. The average Bonchev–Trinajstić information content (AvgIpc) is 2.74. The van der Waals surface area contributed by atoms with Crippen molar-refractivity contribution in [1.29, 1.82) is 0 Å². The number of hydrogen-bond donors (Lipinski definition) is 3. The molecular formula is C19H22F3N5O4. The van der Waals surface area contributed by atoms with Crippen molar-refractivity contribution in [2.45, 2.75) is 18.8 Å². The van der Waals surface area contributed by atoms with Crippen LogP contribution in [0.2, 0.25) is 0 Å². The molecule has 0 aliphatic carbocycles. The molecule has 31 heavy (non-hydrogen) atoms. The molecule has 1 atom stereocenters. The second-order valence-corrected chi connectivity index (χ2v) is 6.76. The molecule has 1 saturated heterocycles. The maximum absolute atomic E-state index is 12.2. The van der Waals surface area contributed by atoms with Crippen LogP contribution in [0, 0.1) is 0 Å². The molecule has 1 aromatic carbocycles. The summed E-state index contributed by atoms with van der Waals surface area (Å²) in [5.74, 6) is -0.180. The monoisotopic (exact) mass is 441 g/mol. The minimum Gasteiger partial charge on any atom is -0.480 e. The number of hydrogen-bond acceptors (Lipinski definition) is 8. The van der Waals surface area contributed by atoms with E-state index in [9.17, 15) is 23.1 Å². The largest absolute Gasteiger partial charge is 0.573 e. The molecule has 0 radical (unpaired) electrons. The SMILES string of the molecule is COc1nc(NCCc2ccc(OC(F)(F)F)cc2)cc(N2CCNC(C(=O)O)C2)n1. The van der Waals surface area contributed by atoms with Crippen molar-refractivity contribution in [3.63, 3.8) is 0 Å². The Labute approximate surface area is 176 Å². The van der Waals surface area contributed by atoms with E-state index in [1.807, 2.05) is 4.90 Å². The molecule has 9 nitrogen and oxygen atoms in total. The lowest BCUT2D eigenvalue weighted by Gasteiger charge is -2.32. The summed E-state index contributed by atoms with van der Waals surface area (Å²) in [4.78, 5) is 21.6. The lowest BCUT2D eigenvalue weighted by atomic mass is 10.1. The van der Waals surface area contributed by atoms with Gasteiger partial charge in [0.05, 0.1) is 7.11 Å². The van der Waals surface area contributed by atoms with E-state index in [1.54, 1.807) is 18.2 Å². The van der Waals surface area contributed by atoms with Crippen molar-refractivity contribution in [3.05, 3.63) is 35.9 Å². The van der Waals surface area contributed by atoms with Crippen molar-refractivity contribution in [3.8, 4) is 11.8 Å². The first kappa shape index (κ1) is 22.4. The molecular weight excluding hydrogens is 419 g/mol. The Morgan fingerprint density at radius 3 is 2.71 bits per heavy atom. The number of aliphatic carboxylic acids is 1. The Balaban J connectivity index is 1.61. The Bertz CT molecular complexity index is 895. The first-order valence-corrected chi connectivity index (χ1v) is 9.46. The zero-order valence-electron chi connectivity index (χ0n) is 16.6. The number of benzene rings is 1. The Kier molecular flexibility index (Phi) is 7.00. The Hall–Kier alpha value is -3.28. The second kappa shape index (κ2) is 9.69.